The number of hydrogen-bond donors (Lipinski definition) is 0. The summed E-state index contributed by atoms with van der Waals surface area (Å²) in [4.78, 5) is 0. The highest BCUT2D eigenvalue weighted by Crippen LogP contribution is 2.32. The van der Waals surface area contributed by atoms with Gasteiger partial charge in [0.15, 0.2) is 0 Å². The molecule has 0 spiro atoms. The second-order valence-electron chi connectivity index (χ2n) is 6.21. The van der Waals surface area contributed by atoms with Crippen LogP contribution in [-0.2, 0) is 0 Å². The Kier molecular flexibility index (Phi) is 6.53. The van der Waals surface area contributed by atoms with E-state index in [2.05, 4.69) is 74.5 Å². The quantitative estimate of drug-likeness (QED) is 0.489. The van der Waals surface area contributed by atoms with Crippen LogP contribution in [0.25, 0.3) is 0 Å². The first kappa shape index (κ1) is 15.8. The lowest BCUT2D eigenvalue weighted by Crippen LogP contribution is -2.07. The first-order valence-corrected chi connectivity index (χ1v) is 8.41. The maximum absolute atomic E-state index is 2.41. The zero-order chi connectivity index (χ0) is 14.9. The first-order valence-electron chi connectivity index (χ1n) is 8.41. The van der Waals surface area contributed by atoms with Crippen molar-refractivity contribution in [3.63, 3.8) is 0 Å². The number of benzene rings is 2. The highest BCUT2D eigenvalue weighted by Gasteiger charge is 2.17. The van der Waals surface area contributed by atoms with E-state index >= 15 is 0 Å². The summed E-state index contributed by atoms with van der Waals surface area (Å²) in [7, 11) is 0. The second-order valence-corrected chi connectivity index (χ2v) is 6.21. The van der Waals surface area contributed by atoms with Crippen LogP contribution >= 0.6 is 0 Å². The van der Waals surface area contributed by atoms with E-state index in [-0.39, 0.29) is 0 Å². The molecule has 0 saturated carbocycles. The van der Waals surface area contributed by atoms with E-state index in [9.17, 15) is 0 Å². The SMILES string of the molecule is CCCCCC(C)CC(c1ccccc1)c1ccccc1. The molecule has 0 N–H and O–H groups in total. The molecule has 2 rings (SSSR count). The van der Waals surface area contributed by atoms with Gasteiger partial charge in [0, 0.05) is 5.92 Å². The van der Waals surface area contributed by atoms with Crippen LogP contribution in [0.2, 0.25) is 0 Å². The monoisotopic (exact) mass is 280 g/mol. The van der Waals surface area contributed by atoms with Gasteiger partial charge in [0.25, 0.3) is 0 Å². The van der Waals surface area contributed by atoms with E-state index in [4.69, 9.17) is 0 Å². The molecule has 0 heteroatoms. The molecule has 0 amide bonds. The molecule has 1 atom stereocenters. The molecule has 0 aliphatic carbocycles. The van der Waals surface area contributed by atoms with Gasteiger partial charge in [-0.2, -0.15) is 0 Å². The molecule has 0 heterocycles. The summed E-state index contributed by atoms with van der Waals surface area (Å²) in [6, 6.07) is 22.0. The molecule has 0 nitrogen and oxygen atoms in total. The molecule has 0 fully saturated rings. The number of hydrogen-bond acceptors (Lipinski definition) is 0. The summed E-state index contributed by atoms with van der Waals surface area (Å²) < 4.78 is 0. The largest absolute Gasteiger partial charge is 0.0654 e. The Morgan fingerprint density at radius 3 is 1.76 bits per heavy atom. The van der Waals surface area contributed by atoms with Crippen molar-refractivity contribution >= 4 is 0 Å². The molecule has 0 saturated heterocycles. The van der Waals surface area contributed by atoms with Gasteiger partial charge in [-0.1, -0.05) is 100 Å². The predicted octanol–water partition coefficient (Wildman–Crippen LogP) is 6.43. The molecular weight excluding hydrogens is 252 g/mol. The van der Waals surface area contributed by atoms with Crippen molar-refractivity contribution in [2.45, 2.75) is 51.9 Å². The van der Waals surface area contributed by atoms with Crippen LogP contribution in [0.15, 0.2) is 60.7 Å². The Labute approximate surface area is 130 Å². The minimum Gasteiger partial charge on any atom is -0.0654 e. The van der Waals surface area contributed by atoms with E-state index in [1.165, 1.54) is 43.2 Å². The van der Waals surface area contributed by atoms with E-state index < -0.39 is 0 Å². The second kappa shape index (κ2) is 8.67. The van der Waals surface area contributed by atoms with Gasteiger partial charge in [0.1, 0.15) is 0 Å². The molecule has 0 aliphatic rings. The number of rotatable bonds is 8. The molecule has 21 heavy (non-hydrogen) atoms. The van der Waals surface area contributed by atoms with Crippen molar-refractivity contribution in [1.82, 2.24) is 0 Å². The van der Waals surface area contributed by atoms with Crippen molar-refractivity contribution in [3.05, 3.63) is 71.8 Å². The summed E-state index contributed by atoms with van der Waals surface area (Å²) in [5.41, 5.74) is 2.90. The van der Waals surface area contributed by atoms with E-state index in [0.29, 0.717) is 5.92 Å². The normalized spacial score (nSPS) is 12.5. The number of unbranched alkanes of at least 4 members (excludes halogenated alkanes) is 2. The fourth-order valence-electron chi connectivity index (χ4n) is 3.10. The van der Waals surface area contributed by atoms with Gasteiger partial charge in [0.05, 0.1) is 0 Å². The lowest BCUT2D eigenvalue weighted by atomic mass is 9.83. The Hall–Kier alpha value is -1.56. The van der Waals surface area contributed by atoms with Crippen molar-refractivity contribution < 1.29 is 0 Å². The van der Waals surface area contributed by atoms with Crippen LogP contribution in [0.4, 0.5) is 0 Å². The molecule has 0 aromatic heterocycles. The summed E-state index contributed by atoms with van der Waals surface area (Å²) >= 11 is 0. The van der Waals surface area contributed by atoms with Crippen molar-refractivity contribution in [1.29, 1.82) is 0 Å². The van der Waals surface area contributed by atoms with E-state index in [1.807, 2.05) is 0 Å². The standard InChI is InChI=1S/C21H28/c1-3-4-7-12-18(2)17-21(19-13-8-5-9-14-19)20-15-10-6-11-16-20/h5-6,8-11,13-16,18,21H,3-4,7,12,17H2,1-2H3. The maximum atomic E-state index is 2.41. The molecule has 2 aromatic carbocycles. The van der Waals surface area contributed by atoms with Gasteiger partial charge in [0.2, 0.25) is 0 Å². The third-order valence-electron chi connectivity index (χ3n) is 4.34. The van der Waals surface area contributed by atoms with Gasteiger partial charge in [-0.25, -0.2) is 0 Å². The molecule has 0 radical (unpaired) electrons. The van der Waals surface area contributed by atoms with Crippen LogP contribution in [0.5, 0.6) is 0 Å². The van der Waals surface area contributed by atoms with Crippen molar-refractivity contribution in [2.24, 2.45) is 5.92 Å². The highest BCUT2D eigenvalue weighted by molar-refractivity contribution is 5.32. The third-order valence-corrected chi connectivity index (χ3v) is 4.34. The maximum Gasteiger partial charge on any atom is 0.00918 e. The molecule has 0 bridgehead atoms. The Bertz CT molecular complexity index is 446. The molecule has 2 aromatic rings. The average Bonchev–Trinajstić information content (AvgIpc) is 2.54. The molecule has 0 aliphatic heterocycles. The summed E-state index contributed by atoms with van der Waals surface area (Å²) in [5, 5.41) is 0. The van der Waals surface area contributed by atoms with Crippen LogP contribution in [-0.4, -0.2) is 0 Å². The van der Waals surface area contributed by atoms with Gasteiger partial charge in [-0.15, -0.1) is 0 Å². The van der Waals surface area contributed by atoms with Crippen LogP contribution in [0.1, 0.15) is 63.0 Å². The van der Waals surface area contributed by atoms with Crippen molar-refractivity contribution in [3.8, 4) is 0 Å². The fourth-order valence-corrected chi connectivity index (χ4v) is 3.10. The van der Waals surface area contributed by atoms with Crippen LogP contribution in [0, 0.1) is 5.92 Å². The summed E-state index contributed by atoms with van der Waals surface area (Å²) in [5.74, 6) is 1.31. The van der Waals surface area contributed by atoms with Gasteiger partial charge in [-0.3, -0.25) is 0 Å². The van der Waals surface area contributed by atoms with Crippen molar-refractivity contribution in [2.75, 3.05) is 0 Å². The van der Waals surface area contributed by atoms with E-state index in [0.717, 1.165) is 5.92 Å². The third kappa shape index (κ3) is 5.04. The minimum atomic E-state index is 0.532. The van der Waals surface area contributed by atoms with Gasteiger partial charge < -0.3 is 0 Å². The Morgan fingerprint density at radius 1 is 0.762 bits per heavy atom. The molecule has 112 valence electrons. The zero-order valence-electron chi connectivity index (χ0n) is 13.5. The lowest BCUT2D eigenvalue weighted by Gasteiger charge is -2.22. The molecule has 1 unspecified atom stereocenters. The first-order chi connectivity index (χ1) is 10.3. The zero-order valence-corrected chi connectivity index (χ0v) is 13.5. The van der Waals surface area contributed by atoms with Crippen LogP contribution in [0.3, 0.4) is 0 Å². The molecular formula is C21H28. The summed E-state index contributed by atoms with van der Waals surface area (Å²) in [6.45, 7) is 4.69. The smallest absolute Gasteiger partial charge is 0.00918 e. The van der Waals surface area contributed by atoms with Crippen LogP contribution < -0.4 is 0 Å². The Balaban J connectivity index is 2.10. The minimum absolute atomic E-state index is 0.532. The predicted molar refractivity (Wildman–Crippen MR) is 92.7 cm³/mol. The highest BCUT2D eigenvalue weighted by atomic mass is 14.2. The lowest BCUT2D eigenvalue weighted by molar-refractivity contribution is 0.442. The Morgan fingerprint density at radius 2 is 1.29 bits per heavy atom. The summed E-state index contributed by atoms with van der Waals surface area (Å²) in [6.07, 6.45) is 6.65. The fraction of sp³-hybridized carbons (Fsp3) is 0.429. The van der Waals surface area contributed by atoms with Gasteiger partial charge in [-0.05, 0) is 23.5 Å². The van der Waals surface area contributed by atoms with Gasteiger partial charge >= 0.3 is 0 Å². The average molecular weight is 280 g/mol. The van der Waals surface area contributed by atoms with E-state index in [1.54, 1.807) is 0 Å². The topological polar surface area (TPSA) is 0 Å².